The quantitative estimate of drug-likeness (QED) is 0.519. The second kappa shape index (κ2) is 7.96. The van der Waals surface area contributed by atoms with E-state index in [4.69, 9.17) is 0 Å². The monoisotopic (exact) mass is 368 g/mol. The van der Waals surface area contributed by atoms with Gasteiger partial charge in [-0.25, -0.2) is 8.78 Å². The van der Waals surface area contributed by atoms with Crippen LogP contribution in [0.3, 0.4) is 0 Å². The fourth-order valence-corrected chi connectivity index (χ4v) is 3.85. The molecule has 0 radical (unpaired) electrons. The van der Waals surface area contributed by atoms with E-state index < -0.39 is 17.0 Å². The van der Waals surface area contributed by atoms with Crippen LogP contribution in [0.15, 0.2) is 42.5 Å². The molecule has 0 heterocycles. The Morgan fingerprint density at radius 2 is 1.48 bits per heavy atom. The SMILES string of the molecule is CC1CCC(C=Cc2ccc(-c3ccc(C(C)(C)C)c(F)c3F)cc2)CC1. The summed E-state index contributed by atoms with van der Waals surface area (Å²) in [6.07, 6.45) is 9.61. The highest BCUT2D eigenvalue weighted by Crippen LogP contribution is 2.33. The Balaban J connectivity index is 1.77. The van der Waals surface area contributed by atoms with Crippen molar-refractivity contribution >= 4 is 6.08 Å². The molecular formula is C25H30F2. The summed E-state index contributed by atoms with van der Waals surface area (Å²) in [6, 6.07) is 11.1. The fraction of sp³-hybridized carbons (Fsp3) is 0.440. The first-order valence-electron chi connectivity index (χ1n) is 10.0. The molecule has 0 saturated heterocycles. The van der Waals surface area contributed by atoms with E-state index in [1.54, 1.807) is 12.1 Å². The lowest BCUT2D eigenvalue weighted by Gasteiger charge is -2.23. The van der Waals surface area contributed by atoms with E-state index in [1.807, 2.05) is 45.0 Å². The molecule has 0 spiro atoms. The van der Waals surface area contributed by atoms with Crippen LogP contribution in [0.2, 0.25) is 0 Å². The molecule has 0 aliphatic heterocycles. The summed E-state index contributed by atoms with van der Waals surface area (Å²) in [4.78, 5) is 0. The molecule has 0 unspecified atom stereocenters. The number of hydrogen-bond acceptors (Lipinski definition) is 0. The number of rotatable bonds is 3. The van der Waals surface area contributed by atoms with Gasteiger partial charge in [-0.15, -0.1) is 0 Å². The summed E-state index contributed by atoms with van der Waals surface area (Å²) in [6.45, 7) is 7.99. The van der Waals surface area contributed by atoms with E-state index in [2.05, 4.69) is 19.1 Å². The number of halogens is 2. The van der Waals surface area contributed by atoms with Gasteiger partial charge in [-0.05, 0) is 46.8 Å². The lowest BCUT2D eigenvalue weighted by Crippen LogP contribution is -2.14. The van der Waals surface area contributed by atoms with E-state index in [1.165, 1.54) is 25.7 Å². The topological polar surface area (TPSA) is 0 Å². The highest BCUT2D eigenvalue weighted by atomic mass is 19.2. The van der Waals surface area contributed by atoms with Gasteiger partial charge < -0.3 is 0 Å². The van der Waals surface area contributed by atoms with Crippen LogP contribution in [0.25, 0.3) is 17.2 Å². The zero-order chi connectivity index (χ0) is 19.6. The minimum Gasteiger partial charge on any atom is -0.203 e. The normalized spacial score (nSPS) is 21.0. The van der Waals surface area contributed by atoms with Crippen molar-refractivity contribution in [1.29, 1.82) is 0 Å². The minimum absolute atomic E-state index is 0.317. The zero-order valence-corrected chi connectivity index (χ0v) is 16.9. The lowest BCUT2D eigenvalue weighted by molar-refractivity contribution is 0.331. The molecule has 2 heteroatoms. The molecule has 0 bridgehead atoms. The lowest BCUT2D eigenvalue weighted by atomic mass is 9.83. The molecule has 27 heavy (non-hydrogen) atoms. The maximum absolute atomic E-state index is 14.6. The second-order valence-electron chi connectivity index (χ2n) is 9.04. The van der Waals surface area contributed by atoms with Crippen molar-refractivity contribution in [1.82, 2.24) is 0 Å². The van der Waals surface area contributed by atoms with Crippen molar-refractivity contribution < 1.29 is 8.78 Å². The molecule has 0 nitrogen and oxygen atoms in total. The molecule has 1 aliphatic carbocycles. The molecule has 3 rings (SSSR count). The van der Waals surface area contributed by atoms with Gasteiger partial charge in [0.25, 0.3) is 0 Å². The Hall–Kier alpha value is -1.96. The Morgan fingerprint density at radius 1 is 0.852 bits per heavy atom. The molecule has 0 N–H and O–H groups in total. The summed E-state index contributed by atoms with van der Waals surface area (Å²) < 4.78 is 29.1. The first kappa shape index (κ1) is 19.8. The molecule has 1 aliphatic rings. The van der Waals surface area contributed by atoms with Crippen molar-refractivity contribution in [2.75, 3.05) is 0 Å². The van der Waals surface area contributed by atoms with E-state index >= 15 is 0 Å². The van der Waals surface area contributed by atoms with Crippen LogP contribution >= 0.6 is 0 Å². The highest BCUT2D eigenvalue weighted by molar-refractivity contribution is 5.67. The molecule has 1 saturated carbocycles. The van der Waals surface area contributed by atoms with Crippen LogP contribution in [0.4, 0.5) is 8.78 Å². The molecule has 1 fully saturated rings. The van der Waals surface area contributed by atoms with Gasteiger partial charge in [0.05, 0.1) is 0 Å². The number of hydrogen-bond donors (Lipinski definition) is 0. The van der Waals surface area contributed by atoms with E-state index in [-0.39, 0.29) is 0 Å². The number of allylic oxidation sites excluding steroid dienone is 1. The summed E-state index contributed by atoms with van der Waals surface area (Å²) >= 11 is 0. The molecule has 0 aromatic heterocycles. The Kier molecular flexibility index (Phi) is 5.83. The van der Waals surface area contributed by atoms with Crippen LogP contribution in [0, 0.1) is 23.5 Å². The van der Waals surface area contributed by atoms with Crippen molar-refractivity contribution in [2.24, 2.45) is 11.8 Å². The van der Waals surface area contributed by atoms with Crippen molar-refractivity contribution in [3.05, 3.63) is 65.2 Å². The maximum Gasteiger partial charge on any atom is 0.166 e. The predicted molar refractivity (Wildman–Crippen MR) is 111 cm³/mol. The van der Waals surface area contributed by atoms with Gasteiger partial charge in [-0.1, -0.05) is 89.1 Å². The third-order valence-corrected chi connectivity index (χ3v) is 5.73. The van der Waals surface area contributed by atoms with E-state index in [0.717, 1.165) is 11.5 Å². The average Bonchev–Trinajstić information content (AvgIpc) is 2.63. The summed E-state index contributed by atoms with van der Waals surface area (Å²) in [5.74, 6) is 0.0174. The molecule has 2 aromatic rings. The average molecular weight is 369 g/mol. The minimum atomic E-state index is -0.762. The van der Waals surface area contributed by atoms with Gasteiger partial charge in [0.1, 0.15) is 0 Å². The molecule has 0 amide bonds. The van der Waals surface area contributed by atoms with Gasteiger partial charge >= 0.3 is 0 Å². The molecule has 144 valence electrons. The van der Waals surface area contributed by atoms with Gasteiger partial charge in [0.2, 0.25) is 0 Å². The maximum atomic E-state index is 14.6. The molecule has 0 atom stereocenters. The summed E-state index contributed by atoms with van der Waals surface area (Å²) in [5.41, 5.74) is 2.11. The summed E-state index contributed by atoms with van der Waals surface area (Å²) in [7, 11) is 0. The van der Waals surface area contributed by atoms with Crippen molar-refractivity contribution in [3.63, 3.8) is 0 Å². The third kappa shape index (κ3) is 4.66. The third-order valence-electron chi connectivity index (χ3n) is 5.73. The largest absolute Gasteiger partial charge is 0.203 e. The Morgan fingerprint density at radius 3 is 2.07 bits per heavy atom. The van der Waals surface area contributed by atoms with Crippen LogP contribution < -0.4 is 0 Å². The highest BCUT2D eigenvalue weighted by Gasteiger charge is 2.23. The first-order valence-corrected chi connectivity index (χ1v) is 10.0. The zero-order valence-electron chi connectivity index (χ0n) is 16.9. The predicted octanol–water partition coefficient (Wildman–Crippen LogP) is 7.77. The van der Waals surface area contributed by atoms with Gasteiger partial charge in [-0.3, -0.25) is 0 Å². The Bertz CT molecular complexity index is 801. The van der Waals surface area contributed by atoms with Crippen LogP contribution in [0.5, 0.6) is 0 Å². The van der Waals surface area contributed by atoms with Crippen LogP contribution in [-0.2, 0) is 5.41 Å². The standard InChI is InChI=1S/C25H30F2/c1-17-5-7-18(8-6-17)9-10-19-11-13-20(14-12-19)21-15-16-22(25(2,3)4)24(27)23(21)26/h9-18H,5-8H2,1-4H3. The van der Waals surface area contributed by atoms with Crippen LogP contribution in [0.1, 0.15) is 64.5 Å². The van der Waals surface area contributed by atoms with E-state index in [0.29, 0.717) is 22.6 Å². The smallest absolute Gasteiger partial charge is 0.166 e. The van der Waals surface area contributed by atoms with Crippen molar-refractivity contribution in [3.8, 4) is 11.1 Å². The molecular weight excluding hydrogens is 338 g/mol. The van der Waals surface area contributed by atoms with Gasteiger partial charge in [-0.2, -0.15) is 0 Å². The van der Waals surface area contributed by atoms with Gasteiger partial charge in [0.15, 0.2) is 11.6 Å². The van der Waals surface area contributed by atoms with E-state index in [9.17, 15) is 8.78 Å². The first-order chi connectivity index (χ1) is 12.8. The summed E-state index contributed by atoms with van der Waals surface area (Å²) in [5, 5.41) is 0. The second-order valence-corrected chi connectivity index (χ2v) is 9.04. The molecule has 2 aromatic carbocycles. The fourth-order valence-electron chi connectivity index (χ4n) is 3.85. The number of benzene rings is 2. The van der Waals surface area contributed by atoms with Gasteiger partial charge in [0, 0.05) is 5.56 Å². The van der Waals surface area contributed by atoms with Crippen LogP contribution in [-0.4, -0.2) is 0 Å². The van der Waals surface area contributed by atoms with Crippen molar-refractivity contribution in [2.45, 2.75) is 58.8 Å². The Labute approximate surface area is 162 Å².